The molecule has 0 saturated carbocycles. The molecule has 0 unspecified atom stereocenters. The molecule has 0 atom stereocenters. The fraction of sp³-hybridized carbons (Fsp3) is 0.471. The standard InChI is InChI=1S/C17H23NO2/c1-3-5-11-18-15-10-8-7-9-14(15)16(13-17(18)19)20-12-6-4-2/h7-10,13H,3-6,11-12H2,1-2H3. The summed E-state index contributed by atoms with van der Waals surface area (Å²) in [4.78, 5) is 12.3. The van der Waals surface area contributed by atoms with Crippen LogP contribution in [0.15, 0.2) is 35.1 Å². The normalized spacial score (nSPS) is 10.9. The molecule has 0 radical (unpaired) electrons. The van der Waals surface area contributed by atoms with Crippen molar-refractivity contribution in [2.75, 3.05) is 6.61 Å². The molecule has 0 saturated heterocycles. The van der Waals surface area contributed by atoms with Crippen molar-refractivity contribution >= 4 is 10.9 Å². The van der Waals surface area contributed by atoms with Gasteiger partial charge in [0.1, 0.15) is 5.75 Å². The summed E-state index contributed by atoms with van der Waals surface area (Å²) in [7, 11) is 0. The van der Waals surface area contributed by atoms with E-state index in [1.807, 2.05) is 28.8 Å². The molecule has 1 heterocycles. The Kier molecular flexibility index (Phi) is 5.22. The Balaban J connectivity index is 2.43. The predicted molar refractivity (Wildman–Crippen MR) is 83.5 cm³/mol. The monoisotopic (exact) mass is 273 g/mol. The second kappa shape index (κ2) is 7.13. The van der Waals surface area contributed by atoms with Gasteiger partial charge in [-0.2, -0.15) is 0 Å². The number of nitrogens with zero attached hydrogens (tertiary/aromatic N) is 1. The highest BCUT2D eigenvalue weighted by molar-refractivity contribution is 5.85. The molecule has 20 heavy (non-hydrogen) atoms. The fourth-order valence-corrected chi connectivity index (χ4v) is 2.30. The molecule has 0 N–H and O–H groups in total. The van der Waals surface area contributed by atoms with Crippen LogP contribution in [0.3, 0.4) is 0 Å². The number of ether oxygens (including phenoxy) is 1. The minimum atomic E-state index is 0.0312. The number of rotatable bonds is 7. The topological polar surface area (TPSA) is 31.2 Å². The molecule has 0 bridgehead atoms. The summed E-state index contributed by atoms with van der Waals surface area (Å²) in [6.07, 6.45) is 4.19. The van der Waals surface area contributed by atoms with Crippen molar-refractivity contribution in [1.82, 2.24) is 4.57 Å². The lowest BCUT2D eigenvalue weighted by Gasteiger charge is -2.13. The SMILES string of the molecule is CCCCOc1cc(=O)n(CCCC)c2ccccc12. The Labute approximate surface area is 120 Å². The number of aryl methyl sites for hydroxylation is 1. The molecule has 0 aliphatic carbocycles. The quantitative estimate of drug-likeness (QED) is 0.714. The zero-order valence-electron chi connectivity index (χ0n) is 12.4. The second-order valence-electron chi connectivity index (χ2n) is 5.07. The molecule has 0 fully saturated rings. The number of hydrogen-bond donors (Lipinski definition) is 0. The maximum atomic E-state index is 12.3. The van der Waals surface area contributed by atoms with Crippen molar-refractivity contribution in [3.05, 3.63) is 40.7 Å². The Morgan fingerprint density at radius 1 is 1.10 bits per heavy atom. The fourth-order valence-electron chi connectivity index (χ4n) is 2.30. The zero-order chi connectivity index (χ0) is 14.4. The van der Waals surface area contributed by atoms with E-state index < -0.39 is 0 Å². The Morgan fingerprint density at radius 2 is 1.85 bits per heavy atom. The van der Waals surface area contributed by atoms with Crippen molar-refractivity contribution < 1.29 is 4.74 Å². The van der Waals surface area contributed by atoms with Gasteiger partial charge < -0.3 is 9.30 Å². The van der Waals surface area contributed by atoms with Crippen LogP contribution >= 0.6 is 0 Å². The van der Waals surface area contributed by atoms with Gasteiger partial charge in [0.15, 0.2) is 0 Å². The number of benzene rings is 1. The third kappa shape index (κ3) is 3.21. The molecule has 1 aromatic carbocycles. The summed E-state index contributed by atoms with van der Waals surface area (Å²) in [6, 6.07) is 9.62. The van der Waals surface area contributed by atoms with Crippen molar-refractivity contribution in [2.45, 2.75) is 46.1 Å². The van der Waals surface area contributed by atoms with E-state index in [-0.39, 0.29) is 5.56 Å². The van der Waals surface area contributed by atoms with Crippen LogP contribution in [-0.4, -0.2) is 11.2 Å². The molecule has 1 aromatic heterocycles. The Hall–Kier alpha value is -1.77. The van der Waals surface area contributed by atoms with Gasteiger partial charge in [0, 0.05) is 18.0 Å². The van der Waals surface area contributed by atoms with Crippen LogP contribution in [0.4, 0.5) is 0 Å². The highest BCUT2D eigenvalue weighted by Gasteiger charge is 2.09. The van der Waals surface area contributed by atoms with Gasteiger partial charge in [-0.3, -0.25) is 4.79 Å². The van der Waals surface area contributed by atoms with Gasteiger partial charge in [0.25, 0.3) is 5.56 Å². The summed E-state index contributed by atoms with van der Waals surface area (Å²) >= 11 is 0. The molecule has 2 rings (SSSR count). The van der Waals surface area contributed by atoms with E-state index in [1.54, 1.807) is 6.07 Å². The largest absolute Gasteiger partial charge is 0.493 e. The molecular formula is C17H23NO2. The van der Waals surface area contributed by atoms with E-state index in [4.69, 9.17) is 4.74 Å². The van der Waals surface area contributed by atoms with Crippen molar-refractivity contribution in [1.29, 1.82) is 0 Å². The number of para-hydroxylation sites is 1. The molecule has 0 spiro atoms. The second-order valence-corrected chi connectivity index (χ2v) is 5.07. The van der Waals surface area contributed by atoms with E-state index in [2.05, 4.69) is 13.8 Å². The van der Waals surface area contributed by atoms with Crippen LogP contribution in [0.2, 0.25) is 0 Å². The predicted octanol–water partition coefficient (Wildman–Crippen LogP) is 3.98. The Bertz CT molecular complexity index is 616. The van der Waals surface area contributed by atoms with E-state index >= 15 is 0 Å². The van der Waals surface area contributed by atoms with Crippen LogP contribution in [0.1, 0.15) is 39.5 Å². The lowest BCUT2D eigenvalue weighted by molar-refractivity contribution is 0.312. The maximum absolute atomic E-state index is 12.3. The highest BCUT2D eigenvalue weighted by Crippen LogP contribution is 2.24. The number of pyridine rings is 1. The average molecular weight is 273 g/mol. The highest BCUT2D eigenvalue weighted by atomic mass is 16.5. The third-order valence-corrected chi connectivity index (χ3v) is 3.47. The molecule has 2 aromatic rings. The zero-order valence-corrected chi connectivity index (χ0v) is 12.4. The minimum Gasteiger partial charge on any atom is -0.493 e. The lowest BCUT2D eigenvalue weighted by atomic mass is 10.2. The average Bonchev–Trinajstić information content (AvgIpc) is 2.47. The van der Waals surface area contributed by atoms with Gasteiger partial charge in [-0.05, 0) is 25.0 Å². The van der Waals surface area contributed by atoms with Gasteiger partial charge in [-0.25, -0.2) is 0 Å². The summed E-state index contributed by atoms with van der Waals surface area (Å²) in [5, 5.41) is 1.03. The van der Waals surface area contributed by atoms with E-state index in [0.717, 1.165) is 43.1 Å². The molecule has 0 amide bonds. The van der Waals surface area contributed by atoms with E-state index in [0.29, 0.717) is 12.4 Å². The summed E-state index contributed by atoms with van der Waals surface area (Å²) in [5.74, 6) is 0.715. The minimum absolute atomic E-state index is 0.0312. The van der Waals surface area contributed by atoms with Crippen LogP contribution in [0.5, 0.6) is 5.75 Å². The van der Waals surface area contributed by atoms with Crippen LogP contribution < -0.4 is 10.3 Å². The molecule has 3 nitrogen and oxygen atoms in total. The summed E-state index contributed by atoms with van der Waals surface area (Å²) in [6.45, 7) is 5.70. The molecule has 0 aliphatic rings. The first-order valence-electron chi connectivity index (χ1n) is 7.53. The van der Waals surface area contributed by atoms with E-state index in [1.165, 1.54) is 0 Å². The van der Waals surface area contributed by atoms with Crippen molar-refractivity contribution in [3.8, 4) is 5.75 Å². The maximum Gasteiger partial charge on any atom is 0.254 e. The smallest absolute Gasteiger partial charge is 0.254 e. The Morgan fingerprint density at radius 3 is 2.60 bits per heavy atom. The van der Waals surface area contributed by atoms with Gasteiger partial charge in [-0.15, -0.1) is 0 Å². The van der Waals surface area contributed by atoms with Crippen LogP contribution in [0.25, 0.3) is 10.9 Å². The van der Waals surface area contributed by atoms with Gasteiger partial charge in [0.2, 0.25) is 0 Å². The van der Waals surface area contributed by atoms with Crippen molar-refractivity contribution in [2.24, 2.45) is 0 Å². The molecule has 3 heteroatoms. The van der Waals surface area contributed by atoms with E-state index in [9.17, 15) is 4.79 Å². The van der Waals surface area contributed by atoms with Crippen LogP contribution in [-0.2, 0) is 6.54 Å². The van der Waals surface area contributed by atoms with Crippen LogP contribution in [0, 0.1) is 0 Å². The molecule has 108 valence electrons. The number of hydrogen-bond acceptors (Lipinski definition) is 2. The van der Waals surface area contributed by atoms with Gasteiger partial charge in [-0.1, -0.05) is 38.8 Å². The number of fused-ring (bicyclic) bond motifs is 1. The third-order valence-electron chi connectivity index (χ3n) is 3.47. The molecule has 0 aliphatic heterocycles. The first kappa shape index (κ1) is 14.6. The number of unbranched alkanes of at least 4 members (excludes halogenated alkanes) is 2. The first-order valence-corrected chi connectivity index (χ1v) is 7.53. The first-order chi connectivity index (χ1) is 9.77. The summed E-state index contributed by atoms with van der Waals surface area (Å²) in [5.41, 5.74) is 1.00. The van der Waals surface area contributed by atoms with Gasteiger partial charge in [0.05, 0.1) is 12.1 Å². The number of aromatic nitrogens is 1. The van der Waals surface area contributed by atoms with Gasteiger partial charge >= 0.3 is 0 Å². The summed E-state index contributed by atoms with van der Waals surface area (Å²) < 4.78 is 7.64. The lowest BCUT2D eigenvalue weighted by Crippen LogP contribution is -2.20. The van der Waals surface area contributed by atoms with Crippen molar-refractivity contribution in [3.63, 3.8) is 0 Å². The molecular weight excluding hydrogens is 250 g/mol.